The van der Waals surface area contributed by atoms with Gasteiger partial charge in [0, 0.05) is 23.2 Å². The van der Waals surface area contributed by atoms with Crippen LogP contribution in [-0.2, 0) is 27.7 Å². The van der Waals surface area contributed by atoms with Crippen LogP contribution >= 0.6 is 0 Å². The Hall–Kier alpha value is -3.84. The van der Waals surface area contributed by atoms with Crippen LogP contribution in [-0.4, -0.2) is 25.8 Å². The molecule has 3 rings (SSSR count). The molecule has 1 N–H and O–H groups in total. The molecular weight excluding hydrogens is 526 g/mol. The Morgan fingerprint density at radius 1 is 0.857 bits per heavy atom. The van der Waals surface area contributed by atoms with E-state index < -0.39 is 0 Å². The van der Waals surface area contributed by atoms with Gasteiger partial charge in [-0.1, -0.05) is 87.7 Å². The molecule has 3 aromatic carbocycles. The maximum atomic E-state index is 6.28. The number of hydrogen-bond acceptors (Lipinski definition) is 6. The van der Waals surface area contributed by atoms with Crippen LogP contribution in [0, 0.1) is 6.92 Å². The second-order valence-corrected chi connectivity index (χ2v) is 10.3. The normalized spacial score (nSPS) is 11.4. The van der Waals surface area contributed by atoms with Crippen LogP contribution in [0.2, 0.25) is 0 Å². The van der Waals surface area contributed by atoms with E-state index in [2.05, 4.69) is 32.3 Å². The first-order valence-corrected chi connectivity index (χ1v) is 14.6. The highest BCUT2D eigenvalue weighted by Gasteiger charge is 2.16. The van der Waals surface area contributed by atoms with Gasteiger partial charge in [-0.2, -0.15) is 0 Å². The second kappa shape index (κ2) is 18.6. The molecule has 0 heterocycles. The molecule has 224 valence electrons. The summed E-state index contributed by atoms with van der Waals surface area (Å²) in [6.07, 6.45) is 6.51. The minimum absolute atomic E-state index is 0.198. The molecule has 6 nitrogen and oxygen atoms in total. The highest BCUT2D eigenvalue weighted by molar-refractivity contribution is 5.68. The Labute approximate surface area is 251 Å². The van der Waals surface area contributed by atoms with Gasteiger partial charge in [0.1, 0.15) is 42.8 Å². The third-order valence-electron chi connectivity index (χ3n) is 6.43. The lowest BCUT2D eigenvalue weighted by molar-refractivity contribution is -0.286. The van der Waals surface area contributed by atoms with E-state index in [0.717, 1.165) is 48.1 Å². The van der Waals surface area contributed by atoms with E-state index in [9.17, 15) is 0 Å². The Morgan fingerprint density at radius 2 is 1.52 bits per heavy atom. The highest BCUT2D eigenvalue weighted by Crippen LogP contribution is 2.35. The van der Waals surface area contributed by atoms with Crippen LogP contribution in [0.15, 0.2) is 104 Å². The van der Waals surface area contributed by atoms with Gasteiger partial charge >= 0.3 is 0 Å². The fourth-order valence-electron chi connectivity index (χ4n) is 4.09. The third-order valence-corrected chi connectivity index (χ3v) is 6.43. The fraction of sp³-hybridized carbons (Fsp3) is 0.333. The van der Waals surface area contributed by atoms with Crippen LogP contribution in [0.1, 0.15) is 55.4 Å². The fourth-order valence-corrected chi connectivity index (χ4v) is 4.09. The lowest BCUT2D eigenvalue weighted by atomic mass is 10.0. The van der Waals surface area contributed by atoms with Crippen molar-refractivity contribution in [2.75, 3.05) is 19.8 Å². The molecule has 42 heavy (non-hydrogen) atoms. The molecule has 0 aromatic heterocycles. The van der Waals surface area contributed by atoms with Crippen molar-refractivity contribution < 1.29 is 24.0 Å². The summed E-state index contributed by atoms with van der Waals surface area (Å²) in [4.78, 5) is 10.9. The third kappa shape index (κ3) is 12.0. The van der Waals surface area contributed by atoms with Gasteiger partial charge in [0.25, 0.3) is 0 Å². The highest BCUT2D eigenvalue weighted by atomic mass is 17.2. The Kier molecular flexibility index (Phi) is 14.4. The minimum Gasteiger partial charge on any atom is -0.489 e. The number of unbranched alkanes of at least 4 members (excludes halogenated alkanes) is 2. The standard InChI is InChI=1S/C36H45NO5/c1-6-29(4)42-35(20-23-41-40-22-15-9-14-21-37-28(2)3)34-24-33(38-26-31-16-10-7-11-17-31)25-36(30(34)5)39-27-32-18-12-8-13-19-32/h6-8,10-13,16-20,24-25,28,37H,1,4,9,14-15,21-23,26-27H2,2-3,5H3/b35-20-. The van der Waals surface area contributed by atoms with Crippen molar-refractivity contribution in [1.29, 1.82) is 0 Å². The van der Waals surface area contributed by atoms with Crippen molar-refractivity contribution in [2.24, 2.45) is 0 Å². The second-order valence-electron chi connectivity index (χ2n) is 10.3. The van der Waals surface area contributed by atoms with E-state index in [0.29, 0.717) is 48.9 Å². The van der Waals surface area contributed by atoms with Crippen molar-refractivity contribution in [1.82, 2.24) is 5.32 Å². The molecule has 0 atom stereocenters. The van der Waals surface area contributed by atoms with Gasteiger partial charge in [-0.25, -0.2) is 9.78 Å². The zero-order chi connectivity index (χ0) is 30.0. The van der Waals surface area contributed by atoms with Gasteiger partial charge in [-0.3, -0.25) is 0 Å². The molecule has 0 saturated heterocycles. The Balaban J connectivity index is 1.74. The van der Waals surface area contributed by atoms with E-state index in [1.807, 2.05) is 85.8 Å². The number of hydrogen-bond donors (Lipinski definition) is 1. The average Bonchev–Trinajstić information content (AvgIpc) is 3.01. The average molecular weight is 572 g/mol. The van der Waals surface area contributed by atoms with E-state index in [4.69, 9.17) is 24.0 Å². The summed E-state index contributed by atoms with van der Waals surface area (Å²) < 4.78 is 18.6. The summed E-state index contributed by atoms with van der Waals surface area (Å²) in [6, 6.07) is 24.5. The molecule has 0 aliphatic rings. The Morgan fingerprint density at radius 3 is 2.17 bits per heavy atom. The number of benzene rings is 3. The van der Waals surface area contributed by atoms with Crippen molar-refractivity contribution in [3.05, 3.63) is 126 Å². The number of ether oxygens (including phenoxy) is 3. The quantitative estimate of drug-likeness (QED) is 0.0484. The predicted octanol–water partition coefficient (Wildman–Crippen LogP) is 8.33. The monoisotopic (exact) mass is 571 g/mol. The maximum Gasteiger partial charge on any atom is 0.133 e. The summed E-state index contributed by atoms with van der Waals surface area (Å²) in [7, 11) is 0. The molecule has 3 aromatic rings. The zero-order valence-corrected chi connectivity index (χ0v) is 25.3. The zero-order valence-electron chi connectivity index (χ0n) is 25.3. The van der Waals surface area contributed by atoms with Gasteiger partial charge in [-0.05, 0) is 62.1 Å². The topological polar surface area (TPSA) is 58.2 Å². The summed E-state index contributed by atoms with van der Waals surface area (Å²) in [5, 5.41) is 3.42. The summed E-state index contributed by atoms with van der Waals surface area (Å²) in [5.41, 5.74) is 3.84. The lowest BCUT2D eigenvalue weighted by Crippen LogP contribution is -2.23. The van der Waals surface area contributed by atoms with Gasteiger partial charge in [0.05, 0.1) is 6.61 Å². The molecule has 0 aliphatic heterocycles. The van der Waals surface area contributed by atoms with Gasteiger partial charge < -0.3 is 19.5 Å². The minimum atomic E-state index is 0.198. The first-order valence-electron chi connectivity index (χ1n) is 14.6. The SMILES string of the molecule is C=CC(=C)O/C(=C\COOCCCCCNC(C)C)c1cc(OCc2ccccc2)cc(OCc2ccccc2)c1C. The Bertz CT molecular complexity index is 1250. The molecule has 0 fully saturated rings. The van der Waals surface area contributed by atoms with Gasteiger partial charge in [0.15, 0.2) is 0 Å². The number of rotatable bonds is 20. The lowest BCUT2D eigenvalue weighted by Gasteiger charge is -2.19. The number of allylic oxidation sites excluding steroid dienone is 1. The predicted molar refractivity (Wildman–Crippen MR) is 170 cm³/mol. The molecule has 6 heteroatoms. The molecule has 0 bridgehead atoms. The van der Waals surface area contributed by atoms with Crippen molar-refractivity contribution in [2.45, 2.75) is 59.3 Å². The van der Waals surface area contributed by atoms with Crippen LogP contribution in [0.5, 0.6) is 11.5 Å². The molecular formula is C36H45NO5. The smallest absolute Gasteiger partial charge is 0.133 e. The van der Waals surface area contributed by atoms with Gasteiger partial charge in [-0.15, -0.1) is 0 Å². The van der Waals surface area contributed by atoms with Gasteiger partial charge in [0.2, 0.25) is 0 Å². The van der Waals surface area contributed by atoms with Crippen LogP contribution in [0.3, 0.4) is 0 Å². The van der Waals surface area contributed by atoms with Crippen LogP contribution < -0.4 is 14.8 Å². The van der Waals surface area contributed by atoms with E-state index >= 15 is 0 Å². The molecule has 0 aliphatic carbocycles. The van der Waals surface area contributed by atoms with E-state index in [1.165, 1.54) is 0 Å². The number of nitrogens with one attached hydrogen (secondary N) is 1. The first-order chi connectivity index (χ1) is 20.5. The van der Waals surface area contributed by atoms with Crippen molar-refractivity contribution in [3.8, 4) is 11.5 Å². The van der Waals surface area contributed by atoms with Crippen LogP contribution in [0.25, 0.3) is 5.76 Å². The first kappa shape index (κ1) is 32.7. The van der Waals surface area contributed by atoms with E-state index in [1.54, 1.807) is 6.08 Å². The summed E-state index contributed by atoms with van der Waals surface area (Å²) >= 11 is 0. The van der Waals surface area contributed by atoms with Crippen molar-refractivity contribution >= 4 is 5.76 Å². The molecule has 0 radical (unpaired) electrons. The van der Waals surface area contributed by atoms with E-state index in [-0.39, 0.29) is 6.61 Å². The summed E-state index contributed by atoms with van der Waals surface area (Å²) in [6.45, 7) is 16.6. The molecule has 0 saturated carbocycles. The largest absolute Gasteiger partial charge is 0.489 e. The van der Waals surface area contributed by atoms with Crippen LogP contribution in [0.4, 0.5) is 0 Å². The summed E-state index contributed by atoms with van der Waals surface area (Å²) in [5.74, 6) is 2.32. The maximum absolute atomic E-state index is 6.28. The van der Waals surface area contributed by atoms with Crippen molar-refractivity contribution in [3.63, 3.8) is 0 Å². The molecule has 0 spiro atoms. The molecule has 0 unspecified atom stereocenters. The molecule has 0 amide bonds.